The van der Waals surface area contributed by atoms with Crippen molar-refractivity contribution in [2.45, 2.75) is 6.18 Å². The van der Waals surface area contributed by atoms with Gasteiger partial charge in [-0.1, -0.05) is 24.3 Å². The van der Waals surface area contributed by atoms with Gasteiger partial charge in [0.15, 0.2) is 0 Å². The molecule has 1 heterocycles. The number of carboxylic acid groups (broad SMARTS) is 1. The number of hydrogen-bond donors (Lipinski definition) is 2. The SMILES string of the molecule is O=C(O)c1cnc2c(C(F)(F)F)cccc2c1-c1cccc(O)c1. The molecular weight excluding hydrogens is 323 g/mol. The lowest BCUT2D eigenvalue weighted by Crippen LogP contribution is -2.08. The Morgan fingerprint density at radius 2 is 1.79 bits per heavy atom. The number of aromatic carboxylic acids is 1. The van der Waals surface area contributed by atoms with Crippen LogP contribution < -0.4 is 0 Å². The number of phenolic OH excluding ortho intramolecular Hbond substituents is 1. The number of halogens is 3. The number of rotatable bonds is 2. The van der Waals surface area contributed by atoms with Crippen molar-refractivity contribution in [3.63, 3.8) is 0 Å². The highest BCUT2D eigenvalue weighted by atomic mass is 19.4. The van der Waals surface area contributed by atoms with Crippen LogP contribution in [0.2, 0.25) is 0 Å². The summed E-state index contributed by atoms with van der Waals surface area (Å²) in [5, 5.41) is 19.0. The van der Waals surface area contributed by atoms with Crippen molar-refractivity contribution in [2.75, 3.05) is 0 Å². The quantitative estimate of drug-likeness (QED) is 0.732. The standard InChI is InChI=1S/C17H10F3NO3/c18-17(19,20)13-6-2-5-11-14(9-3-1-4-10(22)7-9)12(16(23)24)8-21-15(11)13/h1-8,22H,(H,23,24). The molecule has 7 heteroatoms. The molecule has 1 aromatic heterocycles. The fraction of sp³-hybridized carbons (Fsp3) is 0.0588. The lowest BCUT2D eigenvalue weighted by atomic mass is 9.94. The zero-order chi connectivity index (χ0) is 17.5. The number of fused-ring (bicyclic) bond motifs is 1. The van der Waals surface area contributed by atoms with Gasteiger partial charge in [-0.25, -0.2) is 4.79 Å². The normalized spacial score (nSPS) is 11.6. The highest BCUT2D eigenvalue weighted by Crippen LogP contribution is 2.38. The molecule has 0 fully saturated rings. The van der Waals surface area contributed by atoms with Crippen molar-refractivity contribution in [1.82, 2.24) is 4.98 Å². The van der Waals surface area contributed by atoms with E-state index in [1.165, 1.54) is 36.4 Å². The number of carbonyl (C=O) groups is 1. The first kappa shape index (κ1) is 15.8. The Balaban J connectivity index is 2.45. The first-order valence-electron chi connectivity index (χ1n) is 6.80. The second-order valence-electron chi connectivity index (χ2n) is 5.10. The Bertz CT molecular complexity index is 951. The summed E-state index contributed by atoms with van der Waals surface area (Å²) >= 11 is 0. The molecule has 3 aromatic rings. The van der Waals surface area contributed by atoms with Crippen LogP contribution in [0.25, 0.3) is 22.0 Å². The summed E-state index contributed by atoms with van der Waals surface area (Å²) < 4.78 is 39.5. The molecule has 0 saturated heterocycles. The highest BCUT2D eigenvalue weighted by molar-refractivity contribution is 6.07. The van der Waals surface area contributed by atoms with E-state index in [1.54, 1.807) is 0 Å². The molecule has 0 amide bonds. The van der Waals surface area contributed by atoms with Crippen LogP contribution in [-0.4, -0.2) is 21.2 Å². The first-order chi connectivity index (χ1) is 11.3. The number of para-hydroxylation sites is 1. The largest absolute Gasteiger partial charge is 0.508 e. The summed E-state index contributed by atoms with van der Waals surface area (Å²) in [4.78, 5) is 15.2. The van der Waals surface area contributed by atoms with E-state index >= 15 is 0 Å². The summed E-state index contributed by atoms with van der Waals surface area (Å²) in [5.74, 6) is -1.44. The second-order valence-corrected chi connectivity index (χ2v) is 5.10. The topological polar surface area (TPSA) is 70.4 Å². The van der Waals surface area contributed by atoms with Crippen LogP contribution in [0.15, 0.2) is 48.7 Å². The maximum atomic E-state index is 13.2. The van der Waals surface area contributed by atoms with Crippen LogP contribution in [0.3, 0.4) is 0 Å². The van der Waals surface area contributed by atoms with Gasteiger partial charge >= 0.3 is 12.1 Å². The molecule has 0 atom stereocenters. The maximum Gasteiger partial charge on any atom is 0.418 e. The van der Waals surface area contributed by atoms with Gasteiger partial charge in [0.1, 0.15) is 5.75 Å². The van der Waals surface area contributed by atoms with E-state index in [4.69, 9.17) is 0 Å². The predicted molar refractivity (Wildman–Crippen MR) is 80.8 cm³/mol. The van der Waals surface area contributed by atoms with Gasteiger partial charge in [-0.05, 0) is 23.8 Å². The van der Waals surface area contributed by atoms with E-state index in [-0.39, 0.29) is 27.8 Å². The molecule has 2 aromatic carbocycles. The number of alkyl halides is 3. The monoisotopic (exact) mass is 333 g/mol. The number of aromatic nitrogens is 1. The lowest BCUT2D eigenvalue weighted by molar-refractivity contribution is -0.136. The minimum atomic E-state index is -4.62. The molecule has 4 nitrogen and oxygen atoms in total. The molecule has 0 spiro atoms. The predicted octanol–water partition coefficient (Wildman–Crippen LogP) is 4.32. The average Bonchev–Trinajstić information content (AvgIpc) is 2.52. The smallest absolute Gasteiger partial charge is 0.418 e. The molecule has 3 rings (SSSR count). The van der Waals surface area contributed by atoms with Crippen LogP contribution in [-0.2, 0) is 6.18 Å². The van der Waals surface area contributed by atoms with Gasteiger partial charge in [0.2, 0.25) is 0 Å². The van der Waals surface area contributed by atoms with Crippen molar-refractivity contribution in [2.24, 2.45) is 0 Å². The molecule has 2 N–H and O–H groups in total. The molecule has 0 unspecified atom stereocenters. The molecule has 0 aliphatic carbocycles. The van der Waals surface area contributed by atoms with Crippen molar-refractivity contribution in [3.05, 3.63) is 59.8 Å². The average molecular weight is 333 g/mol. The van der Waals surface area contributed by atoms with Crippen molar-refractivity contribution in [3.8, 4) is 16.9 Å². The van der Waals surface area contributed by atoms with Crippen molar-refractivity contribution < 1.29 is 28.2 Å². The Kier molecular flexibility index (Phi) is 3.63. The number of aromatic hydroxyl groups is 1. The van der Waals surface area contributed by atoms with Crippen LogP contribution >= 0.6 is 0 Å². The summed E-state index contributed by atoms with van der Waals surface area (Å²) in [6, 6.07) is 9.14. The summed E-state index contributed by atoms with van der Waals surface area (Å²) in [5.41, 5.74) is -1.16. The van der Waals surface area contributed by atoms with E-state index in [2.05, 4.69) is 4.98 Å². The molecule has 122 valence electrons. The first-order valence-corrected chi connectivity index (χ1v) is 6.80. The number of nitrogens with zero attached hydrogens (tertiary/aromatic N) is 1. The van der Waals surface area contributed by atoms with E-state index in [0.717, 1.165) is 12.3 Å². The van der Waals surface area contributed by atoms with Gasteiger partial charge in [-0.15, -0.1) is 0 Å². The Hall–Kier alpha value is -3.09. The summed E-state index contributed by atoms with van der Waals surface area (Å²) in [7, 11) is 0. The third-order valence-corrected chi connectivity index (χ3v) is 3.57. The van der Waals surface area contributed by atoms with Crippen LogP contribution in [0, 0.1) is 0 Å². The highest BCUT2D eigenvalue weighted by Gasteiger charge is 2.34. The zero-order valence-electron chi connectivity index (χ0n) is 12.0. The fourth-order valence-electron chi connectivity index (χ4n) is 2.59. The van der Waals surface area contributed by atoms with Crippen molar-refractivity contribution >= 4 is 16.9 Å². The maximum absolute atomic E-state index is 13.2. The number of carboxylic acids is 1. The molecule has 0 radical (unpaired) electrons. The van der Waals surface area contributed by atoms with Gasteiger partial charge in [-0.3, -0.25) is 4.98 Å². The Morgan fingerprint density at radius 3 is 2.42 bits per heavy atom. The minimum absolute atomic E-state index is 0.0512. The summed E-state index contributed by atoms with van der Waals surface area (Å²) in [6.45, 7) is 0. The number of benzene rings is 2. The minimum Gasteiger partial charge on any atom is -0.508 e. The van der Waals surface area contributed by atoms with Gasteiger partial charge in [0, 0.05) is 17.1 Å². The fourth-order valence-corrected chi connectivity index (χ4v) is 2.59. The Morgan fingerprint density at radius 1 is 1.08 bits per heavy atom. The third-order valence-electron chi connectivity index (χ3n) is 3.57. The van der Waals surface area contributed by atoms with E-state index in [9.17, 15) is 28.2 Å². The van der Waals surface area contributed by atoms with Crippen LogP contribution in [0.4, 0.5) is 13.2 Å². The van der Waals surface area contributed by atoms with E-state index < -0.39 is 17.7 Å². The van der Waals surface area contributed by atoms with Crippen LogP contribution in [0.1, 0.15) is 15.9 Å². The molecular formula is C17H10F3NO3. The van der Waals surface area contributed by atoms with Crippen LogP contribution in [0.5, 0.6) is 5.75 Å². The molecule has 24 heavy (non-hydrogen) atoms. The molecule has 0 saturated carbocycles. The van der Waals surface area contributed by atoms with E-state index in [1.807, 2.05) is 0 Å². The number of pyridine rings is 1. The lowest BCUT2D eigenvalue weighted by Gasteiger charge is -2.14. The van der Waals surface area contributed by atoms with Crippen molar-refractivity contribution in [1.29, 1.82) is 0 Å². The molecule has 0 bridgehead atoms. The summed E-state index contributed by atoms with van der Waals surface area (Å²) in [6.07, 6.45) is -3.72. The number of phenols is 1. The Labute approximate surface area is 133 Å². The molecule has 0 aliphatic rings. The van der Waals surface area contributed by atoms with Gasteiger partial charge in [0.05, 0.1) is 16.6 Å². The third kappa shape index (κ3) is 2.64. The van der Waals surface area contributed by atoms with E-state index in [0.29, 0.717) is 5.56 Å². The zero-order valence-corrected chi connectivity index (χ0v) is 12.0. The van der Waals surface area contributed by atoms with Gasteiger partial charge in [-0.2, -0.15) is 13.2 Å². The van der Waals surface area contributed by atoms with Gasteiger partial charge in [0.25, 0.3) is 0 Å². The number of hydrogen-bond acceptors (Lipinski definition) is 3. The van der Waals surface area contributed by atoms with Gasteiger partial charge < -0.3 is 10.2 Å². The second kappa shape index (κ2) is 5.52. The molecule has 0 aliphatic heterocycles.